The van der Waals surface area contributed by atoms with Gasteiger partial charge in [0.15, 0.2) is 0 Å². The van der Waals surface area contributed by atoms with Gasteiger partial charge in [-0.3, -0.25) is 4.79 Å². The minimum atomic E-state index is -0.448. The Morgan fingerprint density at radius 3 is 2.55 bits per heavy atom. The Morgan fingerprint density at radius 2 is 1.95 bits per heavy atom. The van der Waals surface area contributed by atoms with Crippen molar-refractivity contribution in [1.82, 2.24) is 5.32 Å². The molecule has 0 fully saturated rings. The lowest BCUT2D eigenvalue weighted by Gasteiger charge is -2.21. The van der Waals surface area contributed by atoms with Crippen LogP contribution in [0.2, 0.25) is 0 Å². The second-order valence-electron chi connectivity index (χ2n) is 5.32. The highest BCUT2D eigenvalue weighted by atomic mass is 16.5. The highest BCUT2D eigenvalue weighted by Crippen LogP contribution is 2.06. The van der Waals surface area contributed by atoms with Crippen LogP contribution >= 0.6 is 0 Å². The minimum absolute atomic E-state index is 0.0404. The van der Waals surface area contributed by atoms with E-state index in [0.29, 0.717) is 13.2 Å². The van der Waals surface area contributed by atoms with Gasteiger partial charge in [-0.05, 0) is 18.4 Å². The highest BCUT2D eigenvalue weighted by Gasteiger charge is 2.20. The molecular weight excluding hydrogens is 252 g/mol. The summed E-state index contributed by atoms with van der Waals surface area (Å²) >= 11 is 0. The second-order valence-corrected chi connectivity index (χ2v) is 5.32. The molecule has 0 aliphatic carbocycles. The van der Waals surface area contributed by atoms with E-state index < -0.39 is 6.04 Å². The summed E-state index contributed by atoms with van der Waals surface area (Å²) in [5, 5.41) is 2.89. The molecule has 0 bridgehead atoms. The lowest BCUT2D eigenvalue weighted by Crippen LogP contribution is -2.48. The third-order valence-electron chi connectivity index (χ3n) is 3.43. The maximum atomic E-state index is 11.9. The monoisotopic (exact) mass is 278 g/mol. The van der Waals surface area contributed by atoms with Crippen molar-refractivity contribution in [3.8, 4) is 0 Å². The average Bonchev–Trinajstić information content (AvgIpc) is 2.46. The molecule has 1 amide bonds. The van der Waals surface area contributed by atoms with Crippen LogP contribution in [0.15, 0.2) is 30.3 Å². The fraction of sp³-hybridized carbons (Fsp3) is 0.562. The molecule has 0 aliphatic heterocycles. The maximum absolute atomic E-state index is 11.9. The first-order chi connectivity index (χ1) is 9.54. The number of hydrogen-bond donors (Lipinski definition) is 2. The van der Waals surface area contributed by atoms with Gasteiger partial charge in [-0.1, -0.05) is 50.6 Å². The van der Waals surface area contributed by atoms with Crippen molar-refractivity contribution >= 4 is 5.91 Å². The maximum Gasteiger partial charge on any atom is 0.237 e. The Hall–Kier alpha value is -1.39. The van der Waals surface area contributed by atoms with Crippen LogP contribution in [-0.4, -0.2) is 24.6 Å². The zero-order chi connectivity index (χ0) is 15.0. The van der Waals surface area contributed by atoms with Gasteiger partial charge in [-0.25, -0.2) is 0 Å². The number of nitrogens with one attached hydrogen (secondary N) is 1. The molecule has 1 aromatic rings. The van der Waals surface area contributed by atoms with Crippen LogP contribution in [0.25, 0.3) is 0 Å². The summed E-state index contributed by atoms with van der Waals surface area (Å²) in [5.41, 5.74) is 7.01. The van der Waals surface area contributed by atoms with E-state index in [1.807, 2.05) is 51.1 Å². The third-order valence-corrected chi connectivity index (χ3v) is 3.43. The standard InChI is InChI=1S/C16H26N2O2/c1-4-12(2)15(17)16(19)18-13(3)10-20-11-14-8-6-5-7-9-14/h5-9,12-13,15H,4,10-11,17H2,1-3H3,(H,18,19). The summed E-state index contributed by atoms with van der Waals surface area (Å²) < 4.78 is 5.59. The lowest BCUT2D eigenvalue weighted by atomic mass is 9.99. The summed E-state index contributed by atoms with van der Waals surface area (Å²) in [6.45, 7) is 6.98. The average molecular weight is 278 g/mol. The zero-order valence-electron chi connectivity index (χ0n) is 12.6. The molecule has 0 radical (unpaired) electrons. The van der Waals surface area contributed by atoms with Crippen molar-refractivity contribution in [1.29, 1.82) is 0 Å². The topological polar surface area (TPSA) is 64.4 Å². The summed E-state index contributed by atoms with van der Waals surface area (Å²) in [6, 6.07) is 9.48. The first kappa shape index (κ1) is 16.7. The van der Waals surface area contributed by atoms with Crippen LogP contribution in [0, 0.1) is 5.92 Å². The van der Waals surface area contributed by atoms with E-state index in [-0.39, 0.29) is 17.9 Å². The van der Waals surface area contributed by atoms with Crippen molar-refractivity contribution in [2.75, 3.05) is 6.61 Å². The van der Waals surface area contributed by atoms with Crippen LogP contribution < -0.4 is 11.1 Å². The normalized spacial score (nSPS) is 15.4. The van der Waals surface area contributed by atoms with Gasteiger partial charge in [0.1, 0.15) is 0 Å². The van der Waals surface area contributed by atoms with E-state index in [2.05, 4.69) is 5.32 Å². The van der Waals surface area contributed by atoms with Crippen molar-refractivity contribution in [3.05, 3.63) is 35.9 Å². The Kier molecular flexibility index (Phi) is 7.26. The van der Waals surface area contributed by atoms with Gasteiger partial charge in [0.05, 0.1) is 19.3 Å². The Balaban J connectivity index is 2.26. The number of hydrogen-bond acceptors (Lipinski definition) is 3. The largest absolute Gasteiger partial charge is 0.375 e. The Morgan fingerprint density at radius 1 is 1.30 bits per heavy atom. The predicted molar refractivity (Wildman–Crippen MR) is 81.1 cm³/mol. The fourth-order valence-corrected chi connectivity index (χ4v) is 1.82. The number of ether oxygens (including phenoxy) is 1. The smallest absolute Gasteiger partial charge is 0.237 e. The molecule has 0 aromatic heterocycles. The van der Waals surface area contributed by atoms with Gasteiger partial charge in [0, 0.05) is 6.04 Å². The van der Waals surface area contributed by atoms with Crippen LogP contribution in [-0.2, 0) is 16.1 Å². The molecule has 1 aromatic carbocycles. The van der Waals surface area contributed by atoms with E-state index in [9.17, 15) is 4.79 Å². The number of carbonyl (C=O) groups is 1. The van der Waals surface area contributed by atoms with Gasteiger partial charge < -0.3 is 15.8 Å². The van der Waals surface area contributed by atoms with E-state index in [4.69, 9.17) is 10.5 Å². The molecule has 112 valence electrons. The zero-order valence-corrected chi connectivity index (χ0v) is 12.6. The van der Waals surface area contributed by atoms with E-state index in [1.165, 1.54) is 0 Å². The Bertz CT molecular complexity index is 395. The van der Waals surface area contributed by atoms with Crippen LogP contribution in [0.1, 0.15) is 32.8 Å². The van der Waals surface area contributed by atoms with E-state index in [0.717, 1.165) is 12.0 Å². The quantitative estimate of drug-likeness (QED) is 0.765. The van der Waals surface area contributed by atoms with Gasteiger partial charge in [0.2, 0.25) is 5.91 Å². The van der Waals surface area contributed by atoms with Gasteiger partial charge >= 0.3 is 0 Å². The summed E-state index contributed by atoms with van der Waals surface area (Å²) in [7, 11) is 0. The van der Waals surface area contributed by atoms with Gasteiger partial charge in [-0.15, -0.1) is 0 Å². The summed E-state index contributed by atoms with van der Waals surface area (Å²) in [6.07, 6.45) is 0.896. The van der Waals surface area contributed by atoms with Crippen LogP contribution in [0.3, 0.4) is 0 Å². The van der Waals surface area contributed by atoms with Crippen molar-refractivity contribution in [2.45, 2.75) is 45.9 Å². The third kappa shape index (κ3) is 5.72. The molecule has 4 nitrogen and oxygen atoms in total. The van der Waals surface area contributed by atoms with Crippen molar-refractivity contribution in [3.63, 3.8) is 0 Å². The fourth-order valence-electron chi connectivity index (χ4n) is 1.82. The van der Waals surface area contributed by atoms with Crippen LogP contribution in [0.5, 0.6) is 0 Å². The molecule has 20 heavy (non-hydrogen) atoms. The first-order valence-corrected chi connectivity index (χ1v) is 7.22. The number of carbonyl (C=O) groups excluding carboxylic acids is 1. The SMILES string of the molecule is CCC(C)C(N)C(=O)NC(C)COCc1ccccc1. The summed E-state index contributed by atoms with van der Waals surface area (Å²) in [4.78, 5) is 11.9. The molecule has 0 aliphatic rings. The van der Waals surface area contributed by atoms with Gasteiger partial charge in [0.25, 0.3) is 0 Å². The molecule has 3 N–H and O–H groups in total. The van der Waals surface area contributed by atoms with Crippen molar-refractivity contribution < 1.29 is 9.53 Å². The number of nitrogens with two attached hydrogens (primary N) is 1. The molecule has 3 atom stereocenters. The van der Waals surface area contributed by atoms with Crippen LogP contribution in [0.4, 0.5) is 0 Å². The van der Waals surface area contributed by atoms with E-state index >= 15 is 0 Å². The van der Waals surface area contributed by atoms with Crippen molar-refractivity contribution in [2.24, 2.45) is 11.7 Å². The van der Waals surface area contributed by atoms with E-state index in [1.54, 1.807) is 0 Å². The molecule has 1 rings (SSSR count). The molecule has 0 saturated heterocycles. The molecule has 3 unspecified atom stereocenters. The van der Waals surface area contributed by atoms with Gasteiger partial charge in [-0.2, -0.15) is 0 Å². The lowest BCUT2D eigenvalue weighted by molar-refractivity contribution is -0.124. The summed E-state index contributed by atoms with van der Waals surface area (Å²) in [5.74, 6) is 0.0857. The molecule has 0 spiro atoms. The number of rotatable bonds is 8. The number of benzene rings is 1. The second kappa shape index (κ2) is 8.72. The predicted octanol–water partition coefficient (Wildman–Crippen LogP) is 2.08. The molecule has 4 heteroatoms. The first-order valence-electron chi connectivity index (χ1n) is 7.22. The molecule has 0 heterocycles. The minimum Gasteiger partial charge on any atom is -0.375 e. The molecule has 0 saturated carbocycles. The molecular formula is C16H26N2O2. The highest BCUT2D eigenvalue weighted by molar-refractivity contribution is 5.82. The Labute approximate surface area is 121 Å². The number of amides is 1.